The van der Waals surface area contributed by atoms with Crippen LogP contribution in [-0.2, 0) is 14.8 Å². The summed E-state index contributed by atoms with van der Waals surface area (Å²) >= 11 is 0. The van der Waals surface area contributed by atoms with E-state index in [9.17, 15) is 17.6 Å². The molecule has 1 fully saturated rings. The third-order valence-corrected chi connectivity index (χ3v) is 8.23. The zero-order chi connectivity index (χ0) is 29.7. The Hall–Kier alpha value is -4.14. The summed E-state index contributed by atoms with van der Waals surface area (Å²) in [6.07, 6.45) is 3.53. The summed E-state index contributed by atoms with van der Waals surface area (Å²) in [5.74, 6) is -2.96. The van der Waals surface area contributed by atoms with Gasteiger partial charge in [-0.2, -0.15) is 0 Å². The van der Waals surface area contributed by atoms with E-state index in [1.165, 1.54) is 6.20 Å². The molecule has 5 N–H and O–H groups in total. The van der Waals surface area contributed by atoms with Gasteiger partial charge in [0.1, 0.15) is 29.1 Å². The number of carbonyl (C=O) groups is 1. The Kier molecular flexibility index (Phi) is 8.94. The number of pyridine rings is 2. The Morgan fingerprint density at radius 3 is 2.71 bits per heavy atom. The van der Waals surface area contributed by atoms with Gasteiger partial charge in [0, 0.05) is 44.0 Å². The fourth-order valence-corrected chi connectivity index (χ4v) is 5.77. The number of benzene rings is 1. The number of H-pyrrole nitrogens is 2. The highest BCUT2D eigenvalue weighted by Gasteiger charge is 2.23. The molecule has 0 unspecified atom stereocenters. The van der Waals surface area contributed by atoms with E-state index in [-0.39, 0.29) is 11.4 Å². The fourth-order valence-electron chi connectivity index (χ4n) is 4.64. The van der Waals surface area contributed by atoms with E-state index in [0.29, 0.717) is 17.5 Å². The number of morpholine rings is 1. The second-order valence-corrected chi connectivity index (χ2v) is 11.7. The van der Waals surface area contributed by atoms with Crippen LogP contribution in [0.4, 0.5) is 26.0 Å². The number of rotatable bonds is 11. The van der Waals surface area contributed by atoms with Crippen LogP contribution in [0, 0.1) is 11.6 Å². The summed E-state index contributed by atoms with van der Waals surface area (Å²) in [6.45, 7) is 6.72. The topological polar surface area (TPSA) is 143 Å². The van der Waals surface area contributed by atoms with Gasteiger partial charge >= 0.3 is 0 Å². The molecule has 1 aromatic carbocycles. The molecular formula is C28H32F2N7O4S+. The van der Waals surface area contributed by atoms with E-state index in [0.717, 1.165) is 68.6 Å². The van der Waals surface area contributed by atoms with Crippen molar-refractivity contribution in [1.82, 2.24) is 14.9 Å². The molecule has 0 atom stereocenters. The molecule has 3 aromatic heterocycles. The molecule has 4 aromatic rings. The molecule has 0 spiro atoms. The fraction of sp³-hybridized carbons (Fsp3) is 0.321. The van der Waals surface area contributed by atoms with Gasteiger partial charge in [-0.05, 0) is 36.8 Å². The SMILES string of the molecule is CCCS(=O)(=O)Nc1ccc(F)c(C(=O)Nc2c[nH+]c3[nH]c(-c4ccc(NCCN5CCOCC5)nc4)cc3c2)c1F. The number of fused-ring (bicyclic) bond motifs is 1. The van der Waals surface area contributed by atoms with Crippen LogP contribution in [0.1, 0.15) is 23.7 Å². The maximum absolute atomic E-state index is 15.0. The Bertz CT molecular complexity index is 1670. The standard InChI is InChI=1S/C28H31F2N7O4S/c1-2-13-42(39,40)36-22-5-4-21(29)25(26(22)30)28(38)34-20-14-19-15-23(35-27(19)33-17-20)18-3-6-24(32-16-18)31-7-8-37-9-11-41-12-10-37/h3-6,14-17,36H,2,7-13H2,1H3,(H,31,32)(H,33,35)(H,34,38)/p+1. The van der Waals surface area contributed by atoms with Crippen molar-refractivity contribution in [1.29, 1.82) is 0 Å². The maximum atomic E-state index is 15.0. The van der Waals surface area contributed by atoms with Crippen LogP contribution >= 0.6 is 0 Å². The maximum Gasteiger partial charge on any atom is 0.284 e. The van der Waals surface area contributed by atoms with Gasteiger partial charge in [0.25, 0.3) is 11.6 Å². The van der Waals surface area contributed by atoms with E-state index >= 15 is 4.39 Å². The van der Waals surface area contributed by atoms with Crippen LogP contribution in [0.5, 0.6) is 0 Å². The van der Waals surface area contributed by atoms with Crippen LogP contribution in [0.3, 0.4) is 0 Å². The molecule has 1 saturated heterocycles. The summed E-state index contributed by atoms with van der Waals surface area (Å²) < 4.78 is 61.1. The van der Waals surface area contributed by atoms with Crippen molar-refractivity contribution in [3.05, 3.63) is 66.0 Å². The summed E-state index contributed by atoms with van der Waals surface area (Å²) in [7, 11) is -3.84. The second-order valence-electron chi connectivity index (χ2n) is 9.87. The molecule has 0 radical (unpaired) electrons. The highest BCUT2D eigenvalue weighted by Crippen LogP contribution is 2.26. The number of aromatic nitrogens is 3. The minimum atomic E-state index is -3.84. The summed E-state index contributed by atoms with van der Waals surface area (Å²) in [6, 6.07) is 9.11. The summed E-state index contributed by atoms with van der Waals surface area (Å²) in [4.78, 5) is 26.0. The minimum absolute atomic E-state index is 0.244. The largest absolute Gasteiger partial charge is 0.379 e. The first kappa shape index (κ1) is 29.4. The number of nitrogens with zero attached hydrogens (tertiary/aromatic N) is 2. The Labute approximate surface area is 241 Å². The third kappa shape index (κ3) is 7.01. The highest BCUT2D eigenvalue weighted by atomic mass is 32.2. The third-order valence-electron chi connectivity index (χ3n) is 6.76. The molecule has 14 heteroatoms. The molecular weight excluding hydrogens is 568 g/mol. The van der Waals surface area contributed by atoms with Crippen LogP contribution in [0.25, 0.3) is 22.3 Å². The predicted octanol–water partition coefficient (Wildman–Crippen LogP) is 3.47. The van der Waals surface area contributed by atoms with Crippen LogP contribution in [0.2, 0.25) is 0 Å². The molecule has 5 rings (SSSR count). The van der Waals surface area contributed by atoms with E-state index in [1.54, 1.807) is 19.2 Å². The normalized spacial score (nSPS) is 14.2. The van der Waals surface area contributed by atoms with Gasteiger partial charge < -0.3 is 15.4 Å². The smallest absolute Gasteiger partial charge is 0.284 e. The first-order chi connectivity index (χ1) is 20.2. The zero-order valence-electron chi connectivity index (χ0n) is 23.0. The molecule has 1 aliphatic heterocycles. The van der Waals surface area contributed by atoms with Crippen molar-refractivity contribution in [2.75, 3.05) is 60.5 Å². The van der Waals surface area contributed by atoms with Gasteiger partial charge in [-0.3, -0.25) is 14.4 Å². The van der Waals surface area contributed by atoms with Crippen LogP contribution < -0.4 is 20.3 Å². The Morgan fingerprint density at radius 2 is 1.98 bits per heavy atom. The van der Waals surface area contributed by atoms with Gasteiger partial charge in [-0.15, -0.1) is 0 Å². The number of carbonyl (C=O) groups excluding carboxylic acids is 1. The Balaban J connectivity index is 1.26. The van der Waals surface area contributed by atoms with Crippen molar-refractivity contribution in [3.63, 3.8) is 0 Å². The predicted molar refractivity (Wildman–Crippen MR) is 156 cm³/mol. The van der Waals surface area contributed by atoms with Gasteiger partial charge in [0.05, 0.1) is 35.7 Å². The lowest BCUT2D eigenvalue weighted by atomic mass is 10.1. The van der Waals surface area contributed by atoms with E-state index < -0.39 is 38.8 Å². The summed E-state index contributed by atoms with van der Waals surface area (Å²) in [5, 5.41) is 6.51. The number of hydrogen-bond donors (Lipinski definition) is 4. The molecule has 222 valence electrons. The molecule has 1 amide bonds. The van der Waals surface area contributed by atoms with Gasteiger partial charge in [0.15, 0.2) is 5.82 Å². The highest BCUT2D eigenvalue weighted by molar-refractivity contribution is 7.92. The number of ether oxygens (including phenoxy) is 1. The molecule has 0 aliphatic carbocycles. The average Bonchev–Trinajstić information content (AvgIpc) is 3.39. The average molecular weight is 601 g/mol. The molecule has 42 heavy (non-hydrogen) atoms. The molecule has 1 aliphatic rings. The number of hydrogen-bond acceptors (Lipinski definition) is 7. The van der Waals surface area contributed by atoms with Crippen LogP contribution in [-0.4, -0.2) is 74.3 Å². The number of sulfonamides is 1. The Morgan fingerprint density at radius 1 is 1.17 bits per heavy atom. The molecule has 0 bridgehead atoms. The van der Waals surface area contributed by atoms with Crippen molar-refractivity contribution >= 4 is 44.2 Å². The number of halogens is 2. The minimum Gasteiger partial charge on any atom is -0.379 e. The van der Waals surface area contributed by atoms with Crippen molar-refractivity contribution < 1.29 is 31.7 Å². The number of anilines is 3. The van der Waals surface area contributed by atoms with Crippen molar-refractivity contribution in [2.45, 2.75) is 13.3 Å². The number of nitrogens with one attached hydrogen (secondary N) is 5. The molecule has 11 nitrogen and oxygen atoms in total. The molecule has 0 saturated carbocycles. The van der Waals surface area contributed by atoms with E-state index in [4.69, 9.17) is 4.74 Å². The van der Waals surface area contributed by atoms with E-state index in [2.05, 4.69) is 35.2 Å². The number of amides is 1. The van der Waals surface area contributed by atoms with Crippen molar-refractivity contribution in [3.8, 4) is 11.3 Å². The quantitative estimate of drug-likeness (QED) is 0.207. The lowest BCUT2D eigenvalue weighted by Crippen LogP contribution is -2.39. The number of aromatic amines is 2. The van der Waals surface area contributed by atoms with Crippen molar-refractivity contribution in [2.24, 2.45) is 0 Å². The second kappa shape index (κ2) is 12.8. The lowest BCUT2D eigenvalue weighted by Gasteiger charge is -2.26. The van der Waals surface area contributed by atoms with Crippen LogP contribution in [0.15, 0.2) is 48.8 Å². The lowest BCUT2D eigenvalue weighted by molar-refractivity contribution is -0.346. The summed E-state index contributed by atoms with van der Waals surface area (Å²) in [5.41, 5.74) is 1.15. The monoisotopic (exact) mass is 600 g/mol. The zero-order valence-corrected chi connectivity index (χ0v) is 23.8. The van der Waals surface area contributed by atoms with Gasteiger partial charge in [-0.25, -0.2) is 32.2 Å². The van der Waals surface area contributed by atoms with Gasteiger partial charge in [0.2, 0.25) is 10.0 Å². The van der Waals surface area contributed by atoms with Gasteiger partial charge in [-0.1, -0.05) is 6.92 Å². The first-order valence-corrected chi connectivity index (χ1v) is 15.2. The van der Waals surface area contributed by atoms with E-state index in [1.807, 2.05) is 18.2 Å². The molecule has 4 heterocycles. The first-order valence-electron chi connectivity index (χ1n) is 13.6.